The summed E-state index contributed by atoms with van der Waals surface area (Å²) < 4.78 is 0. The van der Waals surface area contributed by atoms with E-state index in [0.717, 1.165) is 32.1 Å². The molecular formula is C30H48O5. The van der Waals surface area contributed by atoms with Gasteiger partial charge in [0.25, 0.3) is 0 Å². The third-order valence-electron chi connectivity index (χ3n) is 13.3. The Balaban J connectivity index is 1.63. The van der Waals surface area contributed by atoms with Crippen LogP contribution in [0.5, 0.6) is 0 Å². The molecule has 0 spiro atoms. The average Bonchev–Trinajstić information content (AvgIpc) is 2.73. The smallest absolute Gasteiger partial charge is 0.312 e. The van der Waals surface area contributed by atoms with E-state index in [2.05, 4.69) is 40.7 Å². The first-order valence-electron chi connectivity index (χ1n) is 14.0. The van der Waals surface area contributed by atoms with E-state index in [9.17, 15) is 25.2 Å². The number of aliphatic hydroxyl groups is 3. The Morgan fingerprint density at radius 1 is 0.829 bits per heavy atom. The van der Waals surface area contributed by atoms with E-state index >= 15 is 0 Å². The lowest BCUT2D eigenvalue weighted by molar-refractivity contribution is -0.225. The minimum absolute atomic E-state index is 0.0491. The van der Waals surface area contributed by atoms with Crippen molar-refractivity contribution in [3.8, 4) is 0 Å². The fourth-order valence-corrected chi connectivity index (χ4v) is 10.7. The molecule has 5 rings (SSSR count). The van der Waals surface area contributed by atoms with Crippen LogP contribution >= 0.6 is 0 Å². The minimum Gasteiger partial charge on any atom is -0.481 e. The average molecular weight is 489 g/mol. The second kappa shape index (κ2) is 7.35. The predicted molar refractivity (Wildman–Crippen MR) is 135 cm³/mol. The molecule has 4 saturated carbocycles. The van der Waals surface area contributed by atoms with Crippen LogP contribution in [0.25, 0.3) is 0 Å². The van der Waals surface area contributed by atoms with Gasteiger partial charge >= 0.3 is 5.97 Å². The number of aliphatic hydroxyl groups excluding tert-OH is 3. The maximum Gasteiger partial charge on any atom is 0.312 e. The van der Waals surface area contributed by atoms with Crippen LogP contribution < -0.4 is 0 Å². The van der Waals surface area contributed by atoms with Crippen molar-refractivity contribution in [1.29, 1.82) is 0 Å². The monoisotopic (exact) mass is 488 g/mol. The molecule has 5 aliphatic carbocycles. The van der Waals surface area contributed by atoms with Gasteiger partial charge in [0.1, 0.15) is 5.41 Å². The van der Waals surface area contributed by atoms with Crippen LogP contribution in [0, 0.1) is 50.2 Å². The highest BCUT2D eigenvalue weighted by molar-refractivity contribution is 5.78. The Labute approximate surface area is 211 Å². The first-order chi connectivity index (χ1) is 16.0. The molecule has 0 unspecified atom stereocenters. The Kier molecular flexibility index (Phi) is 5.40. The van der Waals surface area contributed by atoms with E-state index in [4.69, 9.17) is 0 Å². The number of aliphatic carboxylic acids is 1. The van der Waals surface area contributed by atoms with Crippen molar-refractivity contribution < 1.29 is 25.2 Å². The van der Waals surface area contributed by atoms with E-state index in [0.29, 0.717) is 24.7 Å². The highest BCUT2D eigenvalue weighted by Gasteiger charge is 2.72. The summed E-state index contributed by atoms with van der Waals surface area (Å²) in [7, 11) is 0. The Hall–Kier alpha value is -0.910. The zero-order valence-electron chi connectivity index (χ0n) is 22.9. The van der Waals surface area contributed by atoms with Crippen LogP contribution in [0.2, 0.25) is 0 Å². The summed E-state index contributed by atoms with van der Waals surface area (Å²) in [6, 6.07) is 0. The third kappa shape index (κ3) is 2.95. The number of carboxylic acid groups (broad SMARTS) is 1. The highest BCUT2D eigenvalue weighted by Crippen LogP contribution is 2.75. The SMILES string of the molecule is CC1(C)C[C@H]2C3=CC[C@@H]4[C@@]5(C)CC[C@H](O)C(C)(C)[C@H]5CC[C@@]4(C)[C@]3(C)C[C@@H](O)[C@@]2(C(=O)O)C[C@@H]1O. The van der Waals surface area contributed by atoms with Gasteiger partial charge in [-0.3, -0.25) is 4.79 Å². The number of hydrogen-bond donors (Lipinski definition) is 4. The largest absolute Gasteiger partial charge is 0.481 e. The maximum atomic E-state index is 12.8. The molecule has 0 radical (unpaired) electrons. The molecular weight excluding hydrogens is 440 g/mol. The standard InChI is InChI=1S/C30H48O5/c1-25(2)14-18-17-8-9-20-27(5)12-11-21(31)26(3,4)19(27)10-13-28(20,6)29(17,7)15-23(33)30(18,24(34)35)16-22(25)32/h8,18-23,31-33H,9-16H2,1-7H3,(H,34,35)/t18-,19+,20+,21-,22-,23+,27-,28+,29+,30+/m0/s1. The number of carboxylic acids is 1. The van der Waals surface area contributed by atoms with Gasteiger partial charge in [0.05, 0.1) is 18.3 Å². The molecule has 4 fully saturated rings. The summed E-state index contributed by atoms with van der Waals surface area (Å²) in [6.07, 6.45) is 6.40. The fraction of sp³-hybridized carbons (Fsp3) is 0.900. The molecule has 0 amide bonds. The van der Waals surface area contributed by atoms with Gasteiger partial charge in [-0.15, -0.1) is 0 Å². The van der Waals surface area contributed by atoms with Gasteiger partial charge in [0.2, 0.25) is 0 Å². The molecule has 0 heterocycles. The van der Waals surface area contributed by atoms with E-state index in [1.807, 2.05) is 13.8 Å². The van der Waals surface area contributed by atoms with E-state index in [1.54, 1.807) is 0 Å². The first kappa shape index (κ1) is 25.7. The number of hydrogen-bond acceptors (Lipinski definition) is 4. The lowest BCUT2D eigenvalue weighted by Crippen LogP contribution is -2.68. The molecule has 4 N–H and O–H groups in total. The van der Waals surface area contributed by atoms with Gasteiger partial charge in [0.15, 0.2) is 0 Å². The molecule has 5 heteroatoms. The molecule has 0 aromatic carbocycles. The molecule has 0 aromatic rings. The lowest BCUT2D eigenvalue weighted by Gasteiger charge is -2.71. The molecule has 35 heavy (non-hydrogen) atoms. The van der Waals surface area contributed by atoms with Crippen molar-refractivity contribution in [2.75, 3.05) is 0 Å². The summed E-state index contributed by atoms with van der Waals surface area (Å²) in [5.41, 5.74) is -0.823. The molecule has 0 aromatic heterocycles. The summed E-state index contributed by atoms with van der Waals surface area (Å²) in [6.45, 7) is 15.8. The summed E-state index contributed by atoms with van der Waals surface area (Å²) in [4.78, 5) is 12.8. The molecule has 198 valence electrons. The normalized spacial score (nSPS) is 54.4. The van der Waals surface area contributed by atoms with Crippen LogP contribution in [0.4, 0.5) is 0 Å². The summed E-state index contributed by atoms with van der Waals surface area (Å²) in [5.74, 6) is -0.342. The second-order valence-electron chi connectivity index (χ2n) is 15.2. The quantitative estimate of drug-likeness (QED) is 0.382. The van der Waals surface area contributed by atoms with Crippen molar-refractivity contribution in [1.82, 2.24) is 0 Å². The minimum atomic E-state index is -1.32. The van der Waals surface area contributed by atoms with E-state index < -0.39 is 29.0 Å². The van der Waals surface area contributed by atoms with Gasteiger partial charge in [0, 0.05) is 0 Å². The van der Waals surface area contributed by atoms with Crippen molar-refractivity contribution in [2.45, 2.75) is 118 Å². The lowest BCUT2D eigenvalue weighted by atomic mass is 9.33. The topological polar surface area (TPSA) is 98.0 Å². The van der Waals surface area contributed by atoms with Crippen molar-refractivity contribution in [3.63, 3.8) is 0 Å². The zero-order valence-corrected chi connectivity index (χ0v) is 22.9. The molecule has 10 atom stereocenters. The number of rotatable bonds is 1. The number of allylic oxidation sites excluding steroid dienone is 2. The van der Waals surface area contributed by atoms with Crippen LogP contribution in [0.3, 0.4) is 0 Å². The third-order valence-corrected chi connectivity index (χ3v) is 13.3. The van der Waals surface area contributed by atoms with Crippen molar-refractivity contribution in [2.24, 2.45) is 50.2 Å². The Morgan fingerprint density at radius 3 is 2.11 bits per heavy atom. The van der Waals surface area contributed by atoms with Gasteiger partial charge in [-0.05, 0) is 96.2 Å². The van der Waals surface area contributed by atoms with Crippen molar-refractivity contribution in [3.05, 3.63) is 11.6 Å². The van der Waals surface area contributed by atoms with E-state index in [1.165, 1.54) is 5.57 Å². The highest BCUT2D eigenvalue weighted by atomic mass is 16.4. The molecule has 0 aliphatic heterocycles. The first-order valence-corrected chi connectivity index (χ1v) is 14.0. The maximum absolute atomic E-state index is 12.8. The van der Waals surface area contributed by atoms with Gasteiger partial charge in [-0.2, -0.15) is 0 Å². The molecule has 0 bridgehead atoms. The molecule has 0 saturated heterocycles. The van der Waals surface area contributed by atoms with Crippen LogP contribution in [-0.4, -0.2) is 44.7 Å². The summed E-state index contributed by atoms with van der Waals surface area (Å²) in [5, 5.41) is 44.0. The fourth-order valence-electron chi connectivity index (χ4n) is 10.7. The Morgan fingerprint density at radius 2 is 1.49 bits per heavy atom. The zero-order chi connectivity index (χ0) is 26.0. The number of carbonyl (C=O) groups is 1. The van der Waals surface area contributed by atoms with Crippen LogP contribution in [-0.2, 0) is 4.79 Å². The van der Waals surface area contributed by atoms with Crippen LogP contribution in [0.1, 0.15) is 99.8 Å². The predicted octanol–water partition coefficient (Wildman–Crippen LogP) is 5.18. The molecule has 5 aliphatic rings. The van der Waals surface area contributed by atoms with Gasteiger partial charge in [-0.25, -0.2) is 0 Å². The van der Waals surface area contributed by atoms with Crippen molar-refractivity contribution >= 4 is 5.97 Å². The summed E-state index contributed by atoms with van der Waals surface area (Å²) >= 11 is 0. The van der Waals surface area contributed by atoms with Gasteiger partial charge in [-0.1, -0.05) is 60.1 Å². The van der Waals surface area contributed by atoms with Gasteiger partial charge < -0.3 is 20.4 Å². The molecule has 5 nitrogen and oxygen atoms in total. The Bertz CT molecular complexity index is 952. The number of fused-ring (bicyclic) bond motifs is 7. The van der Waals surface area contributed by atoms with Crippen LogP contribution in [0.15, 0.2) is 11.6 Å². The van der Waals surface area contributed by atoms with E-state index in [-0.39, 0.29) is 40.1 Å². The second-order valence-corrected chi connectivity index (χ2v) is 15.2.